The first-order valence-corrected chi connectivity index (χ1v) is 32.4. The molecule has 0 rings (SSSR count). The molecule has 68 heavy (non-hydrogen) atoms. The van der Waals surface area contributed by atoms with E-state index in [0.717, 1.165) is 51.4 Å². The zero-order valence-electron chi connectivity index (χ0n) is 46.9. The third-order valence-electron chi connectivity index (χ3n) is 13.0. The zero-order valence-corrected chi connectivity index (χ0v) is 55.0. The van der Waals surface area contributed by atoms with Crippen LogP contribution in [0.1, 0.15) is 336 Å². The van der Waals surface area contributed by atoms with Crippen LogP contribution in [0.25, 0.3) is 0 Å². The van der Waals surface area contributed by atoms with E-state index in [1.807, 2.05) is 0 Å². The molecule has 0 saturated carbocycles. The Labute approximate surface area is 511 Å². The van der Waals surface area contributed by atoms with E-state index >= 15 is 0 Å². The van der Waals surface area contributed by atoms with Gasteiger partial charge < -0.3 is 27.9 Å². The van der Waals surface area contributed by atoms with Gasteiger partial charge in [0.05, 0.1) is 26.4 Å². The summed E-state index contributed by atoms with van der Waals surface area (Å²) in [5.41, 5.74) is 0. The molecule has 0 aromatic carbocycles. The molecule has 0 fully saturated rings. The van der Waals surface area contributed by atoms with Crippen LogP contribution in [0.15, 0.2) is 0 Å². The van der Waals surface area contributed by atoms with Gasteiger partial charge in [0.15, 0.2) is 0 Å². The van der Waals surface area contributed by atoms with Gasteiger partial charge >= 0.3 is 103 Å². The molecule has 0 aliphatic carbocycles. The van der Waals surface area contributed by atoms with Crippen LogP contribution in [0.4, 0.5) is 0 Å². The summed E-state index contributed by atoms with van der Waals surface area (Å²) in [6.07, 6.45) is 60.5. The second-order valence-corrected chi connectivity index (χ2v) is 22.6. The number of phosphoric ester groups is 2. The van der Waals surface area contributed by atoms with E-state index in [-0.39, 0.29) is 129 Å². The molecule has 0 bridgehead atoms. The Morgan fingerprint density at radius 2 is 0.324 bits per heavy atom. The molecule has 0 N–H and O–H groups in total. The number of rotatable bonds is 56. The fourth-order valence-corrected chi connectivity index (χ4v) is 10.1. The molecule has 0 saturated heterocycles. The van der Waals surface area contributed by atoms with Crippen LogP contribution in [-0.4, -0.2) is 26.4 Å². The van der Waals surface area contributed by atoms with Gasteiger partial charge in [-0.3, -0.25) is 9.13 Å². The Kier molecular flexibility index (Phi) is 76.4. The summed E-state index contributed by atoms with van der Waals surface area (Å²) in [6, 6.07) is 0. The van der Waals surface area contributed by atoms with E-state index in [9.17, 15) is 18.9 Å². The maximum absolute atomic E-state index is 11.8. The van der Waals surface area contributed by atoms with Crippen LogP contribution in [-0.2, 0) is 27.2 Å². The molecular weight excluding hydrogens is 941 g/mol. The van der Waals surface area contributed by atoms with Crippen LogP contribution < -0.4 is 113 Å². The number of phosphoric acid groups is 2. The van der Waals surface area contributed by atoms with E-state index in [2.05, 4.69) is 27.7 Å². The second-order valence-electron chi connectivity index (χ2n) is 19.8. The van der Waals surface area contributed by atoms with Gasteiger partial charge in [-0.15, -0.1) is 0 Å². The normalized spacial score (nSPS) is 11.6. The average molecular weight is 1060 g/mol. The first-order chi connectivity index (χ1) is 32.2. The van der Waals surface area contributed by atoms with Crippen molar-refractivity contribution in [2.24, 2.45) is 0 Å². The summed E-state index contributed by atoms with van der Waals surface area (Å²) in [5, 5.41) is 0. The standard InChI is InChI=1S/2C28H59O4P.2K/c2*1-3-5-7-9-11-13-15-17-19-21-23-25-27-31-33(29,30)32-28-26-24-22-20-18-16-14-12-10-8-6-4-2;;/h2*3-28H2,1-2H3,(H,29,30);;/q;;2*+1/p-2. The minimum atomic E-state index is -4.11. The van der Waals surface area contributed by atoms with E-state index in [1.54, 1.807) is 0 Å². The fraction of sp³-hybridized carbons (Fsp3) is 1.00. The minimum absolute atomic E-state index is 0. The first kappa shape index (κ1) is 78.0. The van der Waals surface area contributed by atoms with Crippen molar-refractivity contribution in [1.82, 2.24) is 0 Å². The van der Waals surface area contributed by atoms with Gasteiger partial charge in [0.2, 0.25) is 0 Å². The van der Waals surface area contributed by atoms with E-state index in [1.165, 1.54) is 257 Å². The van der Waals surface area contributed by atoms with Crippen molar-refractivity contribution in [3.05, 3.63) is 0 Å². The third kappa shape index (κ3) is 71.6. The molecule has 0 unspecified atom stereocenters. The van der Waals surface area contributed by atoms with Crippen LogP contribution in [0.5, 0.6) is 0 Å². The summed E-state index contributed by atoms with van der Waals surface area (Å²) < 4.78 is 43.7. The van der Waals surface area contributed by atoms with Gasteiger partial charge in [0, 0.05) is 0 Å². The summed E-state index contributed by atoms with van der Waals surface area (Å²) in [5.74, 6) is 0. The minimum Gasteiger partial charge on any atom is -0.756 e. The summed E-state index contributed by atoms with van der Waals surface area (Å²) in [6.45, 7) is 10.1. The van der Waals surface area contributed by atoms with Crippen molar-refractivity contribution in [3.8, 4) is 0 Å². The van der Waals surface area contributed by atoms with E-state index < -0.39 is 15.6 Å². The molecule has 0 spiro atoms. The Morgan fingerprint density at radius 1 is 0.221 bits per heavy atom. The smallest absolute Gasteiger partial charge is 0.756 e. The molecule has 0 aromatic heterocycles. The predicted octanol–water partition coefficient (Wildman–Crippen LogP) is 13.8. The van der Waals surface area contributed by atoms with Gasteiger partial charge in [-0.1, -0.05) is 310 Å². The Balaban J connectivity index is -0.000000585. The monoisotopic (exact) mass is 1060 g/mol. The van der Waals surface area contributed by atoms with Crippen molar-refractivity contribution in [2.75, 3.05) is 26.4 Å². The number of hydrogen-bond acceptors (Lipinski definition) is 8. The molecule has 8 nitrogen and oxygen atoms in total. The molecule has 0 atom stereocenters. The van der Waals surface area contributed by atoms with Gasteiger partial charge in [0.25, 0.3) is 15.6 Å². The van der Waals surface area contributed by atoms with Gasteiger partial charge in [-0.2, -0.15) is 0 Å². The van der Waals surface area contributed by atoms with E-state index in [4.69, 9.17) is 18.1 Å². The summed E-state index contributed by atoms with van der Waals surface area (Å²) in [7, 11) is -8.21. The van der Waals surface area contributed by atoms with Crippen molar-refractivity contribution in [3.63, 3.8) is 0 Å². The molecule has 0 aliphatic rings. The van der Waals surface area contributed by atoms with Gasteiger partial charge in [-0.25, -0.2) is 0 Å². The molecule has 0 radical (unpaired) electrons. The maximum Gasteiger partial charge on any atom is 1.00 e. The number of hydrogen-bond donors (Lipinski definition) is 0. The molecular formula is C56H116K2O8P2. The molecule has 0 amide bonds. The summed E-state index contributed by atoms with van der Waals surface area (Å²) in [4.78, 5) is 23.6. The molecule has 0 heterocycles. The fourth-order valence-electron chi connectivity index (χ4n) is 8.55. The second kappa shape index (κ2) is 66.6. The van der Waals surface area contributed by atoms with Crippen LogP contribution in [0.3, 0.4) is 0 Å². The van der Waals surface area contributed by atoms with Crippen LogP contribution >= 0.6 is 15.6 Å². The van der Waals surface area contributed by atoms with Crippen LogP contribution in [0.2, 0.25) is 0 Å². The maximum atomic E-state index is 11.8. The topological polar surface area (TPSA) is 117 Å². The Hall–Kier alpha value is 3.49. The molecule has 0 aromatic rings. The van der Waals surface area contributed by atoms with Crippen molar-refractivity contribution < 1.29 is 140 Å². The van der Waals surface area contributed by atoms with Crippen molar-refractivity contribution >= 4 is 15.6 Å². The van der Waals surface area contributed by atoms with Gasteiger partial charge in [-0.05, 0) is 25.7 Å². The SMILES string of the molecule is CCCCCCCCCCCCCCOP(=O)([O-])OCCCCCCCCCCCCCC.CCCCCCCCCCCCCCOP(=O)([O-])OCCCCCCCCCCCCCC.[K+].[K+]. The third-order valence-corrected chi connectivity index (χ3v) is 15.0. The number of unbranched alkanes of at least 4 members (excludes halogenated alkanes) is 44. The summed E-state index contributed by atoms with van der Waals surface area (Å²) >= 11 is 0. The molecule has 0 aliphatic heterocycles. The van der Waals surface area contributed by atoms with Gasteiger partial charge in [0.1, 0.15) is 0 Å². The predicted molar refractivity (Wildman–Crippen MR) is 283 cm³/mol. The first-order valence-electron chi connectivity index (χ1n) is 29.4. The Bertz CT molecular complexity index is 854. The quantitative estimate of drug-likeness (QED) is 0.0336. The molecule has 12 heteroatoms. The Morgan fingerprint density at radius 3 is 0.441 bits per heavy atom. The van der Waals surface area contributed by atoms with Crippen molar-refractivity contribution in [1.29, 1.82) is 0 Å². The van der Waals surface area contributed by atoms with Crippen LogP contribution in [0, 0.1) is 0 Å². The largest absolute Gasteiger partial charge is 1.00 e. The molecule has 400 valence electrons. The van der Waals surface area contributed by atoms with Crippen molar-refractivity contribution in [2.45, 2.75) is 336 Å². The zero-order chi connectivity index (χ0) is 48.6. The van der Waals surface area contributed by atoms with E-state index in [0.29, 0.717) is 0 Å². The average Bonchev–Trinajstić information content (AvgIpc) is 3.30.